The maximum atomic E-state index is 6.65. The molecule has 1 aliphatic heterocycles. The molecule has 0 aliphatic carbocycles. The summed E-state index contributed by atoms with van der Waals surface area (Å²) >= 11 is 0. The van der Waals surface area contributed by atoms with Crippen LogP contribution in [0.4, 0.5) is 0 Å². The SMILES string of the molecule is [Br-].[Br-].c1cc2nc(c1)Cn1cc[n+](c1)Cc1cc3ccccc3nc1Oc1ccccc1Oc1nc3ccccc3cc1C[n+]1ccn(c1)C2. The number of halogens is 2. The quantitative estimate of drug-likeness (QED) is 0.209. The second-order valence-electron chi connectivity index (χ2n) is 12.1. The van der Waals surface area contributed by atoms with E-state index >= 15 is 0 Å². The molecule has 11 heteroatoms. The van der Waals surface area contributed by atoms with Gasteiger partial charge in [0.1, 0.15) is 51.0 Å². The summed E-state index contributed by atoms with van der Waals surface area (Å²) in [5.74, 6) is 2.16. The molecule has 0 amide bonds. The molecule has 50 heavy (non-hydrogen) atoms. The van der Waals surface area contributed by atoms with Gasteiger partial charge in [0.2, 0.25) is 24.4 Å². The van der Waals surface area contributed by atoms with Gasteiger partial charge in [-0.15, -0.1) is 0 Å². The molecule has 6 heterocycles. The molecule has 6 bridgehead atoms. The number of rotatable bonds is 0. The Balaban J connectivity index is 0.00000196. The zero-order chi connectivity index (χ0) is 31.9. The van der Waals surface area contributed by atoms with Gasteiger partial charge in [-0.2, -0.15) is 0 Å². The molecule has 8 aromatic rings. The third-order valence-corrected chi connectivity index (χ3v) is 8.54. The summed E-state index contributed by atoms with van der Waals surface area (Å²) in [7, 11) is 0. The lowest BCUT2D eigenvalue weighted by Gasteiger charge is -2.15. The number of nitrogens with zero attached hydrogens (tertiary/aromatic N) is 7. The van der Waals surface area contributed by atoms with Crippen LogP contribution in [0.3, 0.4) is 0 Å². The second kappa shape index (κ2) is 14.2. The molecule has 9 nitrogen and oxygen atoms in total. The van der Waals surface area contributed by atoms with Crippen LogP contribution in [-0.4, -0.2) is 24.1 Å². The molecular weight excluding hydrogens is 758 g/mol. The first-order valence-electron chi connectivity index (χ1n) is 16.0. The van der Waals surface area contributed by atoms with Crippen molar-refractivity contribution in [2.24, 2.45) is 0 Å². The van der Waals surface area contributed by atoms with Crippen LogP contribution in [0.15, 0.2) is 141 Å². The van der Waals surface area contributed by atoms with Crippen molar-refractivity contribution >= 4 is 21.8 Å². The molecule has 0 fully saturated rings. The van der Waals surface area contributed by atoms with Crippen molar-refractivity contribution in [3.8, 4) is 23.3 Å². The first-order valence-corrected chi connectivity index (χ1v) is 16.0. The van der Waals surface area contributed by atoms with Gasteiger partial charge in [0, 0.05) is 10.8 Å². The molecule has 3 aromatic carbocycles. The lowest BCUT2D eigenvalue weighted by atomic mass is 10.1. The number of imidazole rings is 2. The van der Waals surface area contributed by atoms with Crippen molar-refractivity contribution in [1.29, 1.82) is 0 Å². The fraction of sp³-hybridized carbons (Fsp3) is 0.103. The molecule has 0 saturated heterocycles. The number of hydrogen-bond donors (Lipinski definition) is 0. The van der Waals surface area contributed by atoms with E-state index in [1.165, 1.54) is 0 Å². The Hall–Kier alpha value is -5.39. The Morgan fingerprint density at radius 2 is 0.980 bits per heavy atom. The van der Waals surface area contributed by atoms with E-state index in [9.17, 15) is 0 Å². The van der Waals surface area contributed by atoms with Gasteiger partial charge in [-0.1, -0.05) is 54.6 Å². The Morgan fingerprint density at radius 3 is 1.48 bits per heavy atom. The van der Waals surface area contributed by atoms with Crippen molar-refractivity contribution in [2.45, 2.75) is 26.2 Å². The van der Waals surface area contributed by atoms with E-state index in [1.807, 2.05) is 60.7 Å². The van der Waals surface area contributed by atoms with Crippen LogP contribution in [0.5, 0.6) is 23.3 Å². The highest BCUT2D eigenvalue weighted by atomic mass is 79.9. The van der Waals surface area contributed by atoms with Crippen LogP contribution in [-0.2, 0) is 26.2 Å². The summed E-state index contributed by atoms with van der Waals surface area (Å²) < 4.78 is 21.9. The van der Waals surface area contributed by atoms with Gasteiger partial charge in [0.25, 0.3) is 0 Å². The van der Waals surface area contributed by atoms with E-state index in [4.69, 9.17) is 24.4 Å². The molecule has 0 spiro atoms. The molecule has 0 radical (unpaired) electrons. The van der Waals surface area contributed by atoms with Crippen molar-refractivity contribution in [2.75, 3.05) is 0 Å². The zero-order valence-electron chi connectivity index (χ0n) is 26.8. The van der Waals surface area contributed by atoms with Gasteiger partial charge in [-0.05, 0) is 48.5 Å². The van der Waals surface area contributed by atoms with Gasteiger partial charge < -0.3 is 43.4 Å². The number of fused-ring (bicyclic) bond motifs is 11. The van der Waals surface area contributed by atoms with E-state index < -0.39 is 0 Å². The summed E-state index contributed by atoms with van der Waals surface area (Å²) in [5.41, 5.74) is 5.60. The third kappa shape index (κ3) is 6.87. The molecular formula is C39H31Br2N7O2. The van der Waals surface area contributed by atoms with Crippen LogP contribution >= 0.6 is 0 Å². The zero-order valence-corrected chi connectivity index (χ0v) is 30.0. The van der Waals surface area contributed by atoms with Crippen LogP contribution < -0.4 is 52.6 Å². The number of benzene rings is 3. The standard InChI is InChI=1S/C39H31N7O2.2BrH/c1-3-12-34-28(8-1)20-30-22-43-16-18-45(26-43)24-32-10-7-11-33(40-32)25-46-19-17-44(27-46)23-31-21-29-9-2-4-13-35(29)42-39(31)48-37-15-6-5-14-36(37)47-38(30)41-34;;/h1-21,26-27H,22-25H2;2*1H/q+2;;/p-2. The maximum absolute atomic E-state index is 6.65. The summed E-state index contributed by atoms with van der Waals surface area (Å²) in [4.78, 5) is 15.0. The third-order valence-electron chi connectivity index (χ3n) is 8.54. The molecule has 1 aliphatic rings. The monoisotopic (exact) mass is 787 g/mol. The van der Waals surface area contributed by atoms with Crippen LogP contribution in [0.2, 0.25) is 0 Å². The van der Waals surface area contributed by atoms with Gasteiger partial charge in [-0.3, -0.25) is 0 Å². The molecule has 0 N–H and O–H groups in total. The first-order chi connectivity index (χ1) is 23.7. The summed E-state index contributed by atoms with van der Waals surface area (Å²) in [6, 6.07) is 34.4. The van der Waals surface area contributed by atoms with Crippen molar-refractivity contribution in [3.63, 3.8) is 0 Å². The Kier molecular flexibility index (Phi) is 9.42. The molecule has 5 aromatic heterocycles. The second-order valence-corrected chi connectivity index (χ2v) is 12.1. The lowest BCUT2D eigenvalue weighted by Crippen LogP contribution is -3.00. The summed E-state index contributed by atoms with van der Waals surface area (Å²) in [5, 5.41) is 2.10. The van der Waals surface area contributed by atoms with Gasteiger partial charge in [0.05, 0.1) is 33.5 Å². The molecule has 0 saturated carbocycles. The minimum absolute atomic E-state index is 0. The maximum Gasteiger partial charge on any atom is 0.244 e. The van der Waals surface area contributed by atoms with E-state index in [0.29, 0.717) is 49.4 Å². The molecule has 248 valence electrons. The Morgan fingerprint density at radius 1 is 0.520 bits per heavy atom. The fourth-order valence-corrected chi connectivity index (χ4v) is 6.24. The van der Waals surface area contributed by atoms with Crippen molar-refractivity contribution < 1.29 is 52.6 Å². The normalized spacial score (nSPS) is 12.5. The Bertz CT molecular complexity index is 2290. The number of hydrogen-bond acceptors (Lipinski definition) is 5. The minimum atomic E-state index is 0. The van der Waals surface area contributed by atoms with Crippen LogP contribution in [0.25, 0.3) is 21.8 Å². The Labute approximate surface area is 309 Å². The summed E-state index contributed by atoms with van der Waals surface area (Å²) in [6.07, 6.45) is 12.5. The molecule has 0 unspecified atom stereocenters. The smallest absolute Gasteiger partial charge is 0.244 e. The number of pyridine rings is 3. The fourth-order valence-electron chi connectivity index (χ4n) is 6.24. The van der Waals surface area contributed by atoms with Gasteiger partial charge >= 0.3 is 0 Å². The first kappa shape index (κ1) is 33.1. The average molecular weight is 790 g/mol. The van der Waals surface area contributed by atoms with Gasteiger partial charge in [-0.25, -0.2) is 33.2 Å². The van der Waals surface area contributed by atoms with Crippen LogP contribution in [0.1, 0.15) is 22.5 Å². The highest BCUT2D eigenvalue weighted by Crippen LogP contribution is 2.37. The largest absolute Gasteiger partial charge is 1.00 e. The predicted molar refractivity (Wildman–Crippen MR) is 180 cm³/mol. The summed E-state index contributed by atoms with van der Waals surface area (Å²) in [6.45, 7) is 2.46. The molecule has 0 atom stereocenters. The molecule has 9 rings (SSSR count). The highest BCUT2D eigenvalue weighted by Gasteiger charge is 2.19. The van der Waals surface area contributed by atoms with E-state index in [2.05, 4.69) is 98.2 Å². The minimum Gasteiger partial charge on any atom is -1.00 e. The van der Waals surface area contributed by atoms with E-state index in [-0.39, 0.29) is 34.0 Å². The topological polar surface area (TPSA) is 74.8 Å². The van der Waals surface area contributed by atoms with Crippen LogP contribution in [0, 0.1) is 0 Å². The average Bonchev–Trinajstić information content (AvgIpc) is 3.74. The number of ether oxygens (including phenoxy) is 2. The van der Waals surface area contributed by atoms with E-state index in [0.717, 1.165) is 44.3 Å². The predicted octanol–water partition coefficient (Wildman–Crippen LogP) is 0.455. The number of para-hydroxylation sites is 4. The number of aromatic nitrogens is 7. The lowest BCUT2D eigenvalue weighted by molar-refractivity contribution is -0.688. The highest BCUT2D eigenvalue weighted by molar-refractivity contribution is 5.81. The van der Waals surface area contributed by atoms with Crippen molar-refractivity contribution in [1.82, 2.24) is 24.1 Å². The van der Waals surface area contributed by atoms with Gasteiger partial charge in [0.15, 0.2) is 11.5 Å². The van der Waals surface area contributed by atoms with E-state index in [1.54, 1.807) is 0 Å². The van der Waals surface area contributed by atoms with Crippen molar-refractivity contribution in [3.05, 3.63) is 163 Å².